The highest BCUT2D eigenvalue weighted by Crippen LogP contribution is 2.59. The third kappa shape index (κ3) is 8.20. The zero-order chi connectivity index (χ0) is 51.1. The number of hydrogen-bond donors (Lipinski definition) is 0. The van der Waals surface area contributed by atoms with E-state index in [4.69, 9.17) is 0 Å². The van der Waals surface area contributed by atoms with Gasteiger partial charge in [0.1, 0.15) is 0 Å². The Morgan fingerprint density at radius 2 is 0.468 bits per heavy atom. The highest BCUT2D eigenvalue weighted by molar-refractivity contribution is 6.10. The molecule has 13 aromatic rings. The van der Waals surface area contributed by atoms with Crippen molar-refractivity contribution in [3.8, 4) is 100 Å². The zero-order valence-electron chi connectivity index (χ0n) is 42.5. The first-order valence-electron chi connectivity index (χ1n) is 26.7. The molecule has 14 rings (SSSR count). The molecular weight excluding hydrogens is 925 g/mol. The maximum atomic E-state index is 2.53. The van der Waals surface area contributed by atoms with Gasteiger partial charge in [0.2, 0.25) is 0 Å². The van der Waals surface area contributed by atoms with Gasteiger partial charge in [0.15, 0.2) is 0 Å². The Morgan fingerprint density at radius 3 is 0.870 bits per heavy atom. The number of fused-ring (bicyclic) bond motifs is 5. The second kappa shape index (κ2) is 19.4. The molecule has 0 aromatic heterocycles. The largest absolute Gasteiger partial charge is 0.0714 e. The third-order valence-corrected chi connectivity index (χ3v) is 15.9. The smallest absolute Gasteiger partial charge is 0.0622 e. The van der Waals surface area contributed by atoms with E-state index < -0.39 is 5.41 Å². The molecule has 0 fully saturated rings. The summed E-state index contributed by atoms with van der Waals surface area (Å²) >= 11 is 0. The van der Waals surface area contributed by atoms with Crippen LogP contribution in [-0.4, -0.2) is 0 Å². The topological polar surface area (TPSA) is 0 Å². The maximum absolute atomic E-state index is 2.53. The fraction of sp³-hybridized carbons (Fsp3) is 0.0130. The number of benzene rings is 13. The first-order valence-corrected chi connectivity index (χ1v) is 26.7. The highest BCUT2D eigenvalue weighted by Gasteiger charge is 2.47. The van der Waals surface area contributed by atoms with Crippen molar-refractivity contribution < 1.29 is 0 Å². The van der Waals surface area contributed by atoms with Gasteiger partial charge in [-0.05, 0) is 182 Å². The van der Waals surface area contributed by atoms with E-state index >= 15 is 0 Å². The van der Waals surface area contributed by atoms with E-state index in [0.717, 1.165) is 0 Å². The van der Waals surface area contributed by atoms with Gasteiger partial charge >= 0.3 is 0 Å². The molecule has 1 aliphatic rings. The van der Waals surface area contributed by atoms with Crippen LogP contribution in [-0.2, 0) is 5.41 Å². The Labute approximate surface area is 451 Å². The minimum atomic E-state index is -0.623. The predicted molar refractivity (Wildman–Crippen MR) is 325 cm³/mol. The molecule has 0 atom stereocenters. The Morgan fingerprint density at radius 1 is 0.169 bits per heavy atom. The summed E-state index contributed by atoms with van der Waals surface area (Å²) in [5, 5.41) is 2.49. The molecule has 0 aliphatic heterocycles. The molecule has 0 spiro atoms. The summed E-state index contributed by atoms with van der Waals surface area (Å²) in [6.45, 7) is 0. The van der Waals surface area contributed by atoms with E-state index in [1.807, 2.05) is 0 Å². The van der Waals surface area contributed by atoms with Crippen LogP contribution < -0.4 is 0 Å². The predicted octanol–water partition coefficient (Wildman–Crippen LogP) is 20.5. The van der Waals surface area contributed by atoms with E-state index in [2.05, 4.69) is 315 Å². The second-order valence-electron chi connectivity index (χ2n) is 20.4. The van der Waals surface area contributed by atoms with Gasteiger partial charge in [0, 0.05) is 0 Å². The van der Waals surface area contributed by atoms with Gasteiger partial charge in [-0.15, -0.1) is 0 Å². The average Bonchev–Trinajstić information content (AvgIpc) is 4.09. The molecular formula is C77H52. The Kier molecular flexibility index (Phi) is 11.5. The van der Waals surface area contributed by atoms with Crippen molar-refractivity contribution in [3.05, 3.63) is 338 Å². The van der Waals surface area contributed by atoms with E-state index in [1.54, 1.807) is 0 Å². The highest BCUT2D eigenvalue weighted by atomic mass is 14.5. The van der Waals surface area contributed by atoms with Crippen molar-refractivity contribution in [3.63, 3.8) is 0 Å². The molecule has 0 nitrogen and oxygen atoms in total. The average molecular weight is 977 g/mol. The Balaban J connectivity index is 0.897. The lowest BCUT2D eigenvalue weighted by Gasteiger charge is -2.34. The summed E-state index contributed by atoms with van der Waals surface area (Å²) in [5.41, 5.74) is 26.2. The first kappa shape index (κ1) is 45.7. The van der Waals surface area contributed by atoms with Crippen LogP contribution in [0.1, 0.15) is 22.3 Å². The number of rotatable bonds is 10. The molecule has 360 valence electrons. The molecule has 0 heterocycles. The molecule has 0 amide bonds. The van der Waals surface area contributed by atoms with Crippen molar-refractivity contribution in [1.82, 2.24) is 0 Å². The summed E-state index contributed by atoms with van der Waals surface area (Å²) in [5.74, 6) is 0. The molecule has 1 aliphatic carbocycles. The summed E-state index contributed by atoms with van der Waals surface area (Å²) in [6, 6.07) is 117. The van der Waals surface area contributed by atoms with Crippen molar-refractivity contribution in [2.45, 2.75) is 5.41 Å². The van der Waals surface area contributed by atoms with Gasteiger partial charge in [-0.3, -0.25) is 0 Å². The van der Waals surface area contributed by atoms with Crippen LogP contribution in [0.3, 0.4) is 0 Å². The fourth-order valence-corrected chi connectivity index (χ4v) is 12.3. The lowest BCUT2D eigenvalue weighted by molar-refractivity contribution is 0.769. The van der Waals surface area contributed by atoms with Crippen molar-refractivity contribution in [1.29, 1.82) is 0 Å². The van der Waals surface area contributed by atoms with Crippen LogP contribution in [0.15, 0.2) is 315 Å². The molecule has 0 bridgehead atoms. The van der Waals surface area contributed by atoms with Crippen LogP contribution >= 0.6 is 0 Å². The van der Waals surface area contributed by atoms with E-state index in [0.29, 0.717) is 0 Å². The minimum Gasteiger partial charge on any atom is -0.0622 e. The lowest BCUT2D eigenvalue weighted by atomic mass is 9.67. The quantitative estimate of drug-likeness (QED) is 0.128. The van der Waals surface area contributed by atoms with Crippen LogP contribution in [0.4, 0.5) is 0 Å². The normalized spacial score (nSPS) is 12.3. The van der Waals surface area contributed by atoms with Crippen LogP contribution in [0.5, 0.6) is 0 Å². The molecule has 0 saturated heterocycles. The SMILES string of the molecule is c1ccc(-c2cccc(-c3cccc(-c4cccc(-c5ccc6c(c5)C(c5ccccc5)(c5ccccc5)c5cc(-c7cccc(-c8cccc(-c9cccc(-c%10ccccc%10)c9)c8)c7)c7ccccc7c5-6)c4)c3)c2)cc1. The summed E-state index contributed by atoms with van der Waals surface area (Å²) < 4.78 is 0. The van der Waals surface area contributed by atoms with Gasteiger partial charge in [-0.2, -0.15) is 0 Å². The van der Waals surface area contributed by atoms with E-state index in [9.17, 15) is 0 Å². The lowest BCUT2D eigenvalue weighted by Crippen LogP contribution is -2.28. The summed E-state index contributed by atoms with van der Waals surface area (Å²) in [6.07, 6.45) is 0. The third-order valence-electron chi connectivity index (χ3n) is 15.9. The monoisotopic (exact) mass is 976 g/mol. The summed E-state index contributed by atoms with van der Waals surface area (Å²) in [7, 11) is 0. The van der Waals surface area contributed by atoms with Gasteiger partial charge < -0.3 is 0 Å². The minimum absolute atomic E-state index is 0.623. The van der Waals surface area contributed by atoms with E-state index in [-0.39, 0.29) is 0 Å². The molecule has 0 radical (unpaired) electrons. The molecule has 13 aromatic carbocycles. The fourth-order valence-electron chi connectivity index (χ4n) is 12.3. The molecule has 0 saturated carbocycles. The Hall–Kier alpha value is -9.88. The van der Waals surface area contributed by atoms with Crippen LogP contribution in [0, 0.1) is 0 Å². The van der Waals surface area contributed by atoms with Crippen molar-refractivity contribution >= 4 is 10.8 Å². The number of hydrogen-bond acceptors (Lipinski definition) is 0. The van der Waals surface area contributed by atoms with Gasteiger partial charge in [0.05, 0.1) is 5.41 Å². The summed E-state index contributed by atoms with van der Waals surface area (Å²) in [4.78, 5) is 0. The van der Waals surface area contributed by atoms with Gasteiger partial charge in [0.25, 0.3) is 0 Å². The maximum Gasteiger partial charge on any atom is 0.0714 e. The van der Waals surface area contributed by atoms with Crippen molar-refractivity contribution in [2.75, 3.05) is 0 Å². The van der Waals surface area contributed by atoms with Crippen LogP contribution in [0.2, 0.25) is 0 Å². The standard InChI is InChI=1S/C77H52/c1-5-21-53(22-6-1)55-25-15-27-57(45-55)59-29-17-31-61(47-59)62-32-19-34-64(49-62)66-43-44-72-74(51-66)77(68-37-9-3-10-38-68,69-39-11-4-12-40-69)75-52-73(70-41-13-14-42-71(70)76(72)75)67-36-20-35-65(50-67)63-33-18-30-60(48-63)58-28-16-26-56(46-58)54-23-7-2-8-24-54/h1-52H. The second-order valence-corrected chi connectivity index (χ2v) is 20.4. The van der Waals surface area contributed by atoms with Crippen LogP contribution in [0.25, 0.3) is 111 Å². The first-order chi connectivity index (χ1) is 38.2. The molecule has 0 N–H and O–H groups in total. The molecule has 77 heavy (non-hydrogen) atoms. The molecule has 0 unspecified atom stereocenters. The zero-order valence-corrected chi connectivity index (χ0v) is 42.5. The van der Waals surface area contributed by atoms with E-state index in [1.165, 1.54) is 133 Å². The van der Waals surface area contributed by atoms with Gasteiger partial charge in [-0.1, -0.05) is 267 Å². The molecule has 0 heteroatoms. The Bertz CT molecular complexity index is 4260. The van der Waals surface area contributed by atoms with Crippen molar-refractivity contribution in [2.24, 2.45) is 0 Å². The van der Waals surface area contributed by atoms with Gasteiger partial charge in [-0.25, -0.2) is 0 Å².